The lowest BCUT2D eigenvalue weighted by Crippen LogP contribution is -2.18. The molecule has 7 nitrogen and oxygen atoms in total. The molecule has 104 valence electrons. The number of rotatable bonds is 5. The van der Waals surface area contributed by atoms with Crippen LogP contribution in [0.5, 0.6) is 0 Å². The average Bonchev–Trinajstić information content (AvgIpc) is 2.37. The van der Waals surface area contributed by atoms with Crippen molar-refractivity contribution < 1.29 is 19.1 Å². The first kappa shape index (κ1) is 14.6. The van der Waals surface area contributed by atoms with Crippen LogP contribution in [0.1, 0.15) is 15.9 Å². The Bertz CT molecular complexity index is 488. The van der Waals surface area contributed by atoms with Crippen LogP contribution in [0.4, 0.5) is 16.2 Å². The van der Waals surface area contributed by atoms with Gasteiger partial charge in [-0.1, -0.05) is 0 Å². The van der Waals surface area contributed by atoms with Crippen LogP contribution in [-0.2, 0) is 9.47 Å². The maximum Gasteiger partial charge on any atom is 0.404 e. The second kappa shape index (κ2) is 6.48. The Kier molecular flexibility index (Phi) is 4.99. The minimum Gasteiger partial charge on any atom is -0.465 e. The van der Waals surface area contributed by atoms with Crippen molar-refractivity contribution in [2.24, 2.45) is 5.73 Å². The fourth-order valence-electron chi connectivity index (χ4n) is 1.53. The Labute approximate surface area is 110 Å². The minimum atomic E-state index is -0.828. The number of carbonyl (C=O) groups excluding carboxylic acids is 2. The smallest absolute Gasteiger partial charge is 0.404 e. The van der Waals surface area contributed by atoms with Crippen LogP contribution >= 0.6 is 0 Å². The maximum absolute atomic E-state index is 11.5. The molecule has 0 bridgehead atoms. The van der Waals surface area contributed by atoms with Gasteiger partial charge < -0.3 is 26.3 Å². The molecular formula is C12H17N3O4. The zero-order valence-electron chi connectivity index (χ0n) is 10.9. The fourth-order valence-corrected chi connectivity index (χ4v) is 1.53. The number of nitrogen functional groups attached to an aromatic ring is 1. The molecule has 0 spiro atoms. The van der Waals surface area contributed by atoms with E-state index in [9.17, 15) is 9.59 Å². The number of amides is 1. The highest BCUT2D eigenvalue weighted by molar-refractivity contribution is 5.97. The number of aryl methyl sites for hydroxylation is 1. The second-order valence-electron chi connectivity index (χ2n) is 3.84. The number of esters is 1. The van der Waals surface area contributed by atoms with E-state index in [-0.39, 0.29) is 6.61 Å². The maximum atomic E-state index is 11.5. The summed E-state index contributed by atoms with van der Waals surface area (Å²) in [7, 11) is 1.29. The Balaban J connectivity index is 2.77. The predicted octanol–water partition coefficient (Wildman–Crippen LogP) is 0.871. The first-order valence-electron chi connectivity index (χ1n) is 5.60. The number of hydrogen-bond donors (Lipinski definition) is 3. The third-order valence-corrected chi connectivity index (χ3v) is 2.47. The molecule has 0 saturated heterocycles. The van der Waals surface area contributed by atoms with Crippen molar-refractivity contribution in [2.45, 2.75) is 6.92 Å². The molecule has 7 heteroatoms. The van der Waals surface area contributed by atoms with Crippen LogP contribution in [0.2, 0.25) is 0 Å². The number of nitrogens with two attached hydrogens (primary N) is 2. The van der Waals surface area contributed by atoms with Gasteiger partial charge in [-0.25, -0.2) is 9.59 Å². The normalized spacial score (nSPS) is 9.79. The van der Waals surface area contributed by atoms with Gasteiger partial charge in [0.2, 0.25) is 0 Å². The van der Waals surface area contributed by atoms with E-state index in [2.05, 4.69) is 14.8 Å². The molecule has 0 radical (unpaired) electrons. The first-order chi connectivity index (χ1) is 8.95. The lowest BCUT2D eigenvalue weighted by molar-refractivity contribution is 0.0602. The molecule has 0 atom stereocenters. The Morgan fingerprint density at radius 3 is 2.63 bits per heavy atom. The standard InChI is InChI=1S/C12H17N3O4/c1-7-5-8(15-3-4-19-12(14)17)6-9(10(7)13)11(16)18-2/h5-6,15H,3-4,13H2,1-2H3,(H2,14,17). The van der Waals surface area contributed by atoms with E-state index in [1.54, 1.807) is 19.1 Å². The van der Waals surface area contributed by atoms with Gasteiger partial charge in [0.15, 0.2) is 0 Å². The topological polar surface area (TPSA) is 117 Å². The summed E-state index contributed by atoms with van der Waals surface area (Å²) in [6.45, 7) is 2.28. The molecule has 0 aliphatic rings. The molecule has 1 aromatic rings. The number of nitrogens with one attached hydrogen (secondary N) is 1. The molecule has 0 saturated carbocycles. The highest BCUT2D eigenvalue weighted by Gasteiger charge is 2.13. The molecule has 0 aliphatic heterocycles. The lowest BCUT2D eigenvalue weighted by atomic mass is 10.1. The van der Waals surface area contributed by atoms with Crippen molar-refractivity contribution in [3.05, 3.63) is 23.3 Å². The number of carbonyl (C=O) groups is 2. The molecule has 0 aromatic heterocycles. The number of primary amides is 1. The summed E-state index contributed by atoms with van der Waals surface area (Å²) < 4.78 is 9.23. The summed E-state index contributed by atoms with van der Waals surface area (Å²) in [5, 5.41) is 2.99. The number of anilines is 2. The van der Waals surface area contributed by atoms with Gasteiger partial charge in [0.05, 0.1) is 12.7 Å². The van der Waals surface area contributed by atoms with Crippen LogP contribution < -0.4 is 16.8 Å². The first-order valence-corrected chi connectivity index (χ1v) is 5.60. The molecule has 0 aliphatic carbocycles. The van der Waals surface area contributed by atoms with Crippen molar-refractivity contribution in [2.75, 3.05) is 31.3 Å². The van der Waals surface area contributed by atoms with Gasteiger partial charge in [0.25, 0.3) is 0 Å². The van der Waals surface area contributed by atoms with Crippen molar-refractivity contribution in [3.8, 4) is 0 Å². The molecule has 19 heavy (non-hydrogen) atoms. The summed E-state index contributed by atoms with van der Waals surface area (Å²) in [5.74, 6) is -0.502. The third-order valence-electron chi connectivity index (χ3n) is 2.47. The highest BCUT2D eigenvalue weighted by atomic mass is 16.5. The monoisotopic (exact) mass is 267 g/mol. The van der Waals surface area contributed by atoms with Crippen molar-refractivity contribution in [1.29, 1.82) is 0 Å². The van der Waals surface area contributed by atoms with Gasteiger partial charge >= 0.3 is 12.1 Å². The fraction of sp³-hybridized carbons (Fsp3) is 0.333. The second-order valence-corrected chi connectivity index (χ2v) is 3.84. The van der Waals surface area contributed by atoms with Crippen LogP contribution in [-0.4, -0.2) is 32.3 Å². The molecule has 5 N–H and O–H groups in total. The summed E-state index contributed by atoms with van der Waals surface area (Å²) in [4.78, 5) is 21.9. The van der Waals surface area contributed by atoms with E-state index in [1.165, 1.54) is 7.11 Å². The summed E-state index contributed by atoms with van der Waals surface area (Å²) >= 11 is 0. The molecule has 0 unspecified atom stereocenters. The van der Waals surface area contributed by atoms with Gasteiger partial charge in [0.1, 0.15) is 6.61 Å². The van der Waals surface area contributed by atoms with E-state index in [1.807, 2.05) is 0 Å². The molecule has 1 rings (SSSR count). The van der Waals surface area contributed by atoms with Crippen molar-refractivity contribution in [3.63, 3.8) is 0 Å². The largest absolute Gasteiger partial charge is 0.465 e. The van der Waals surface area contributed by atoms with Crippen LogP contribution in [0, 0.1) is 6.92 Å². The zero-order valence-corrected chi connectivity index (χ0v) is 10.9. The quantitative estimate of drug-likeness (QED) is 0.414. The van der Waals surface area contributed by atoms with Crippen LogP contribution in [0.25, 0.3) is 0 Å². The number of hydrogen-bond acceptors (Lipinski definition) is 6. The third kappa shape index (κ3) is 4.06. The van der Waals surface area contributed by atoms with E-state index in [0.29, 0.717) is 23.5 Å². The van der Waals surface area contributed by atoms with Crippen LogP contribution in [0.15, 0.2) is 12.1 Å². The highest BCUT2D eigenvalue weighted by Crippen LogP contribution is 2.23. The molecule has 1 amide bonds. The summed E-state index contributed by atoms with van der Waals surface area (Å²) in [6.07, 6.45) is -0.828. The number of ether oxygens (including phenoxy) is 2. The van der Waals surface area contributed by atoms with Crippen LogP contribution in [0.3, 0.4) is 0 Å². The van der Waals surface area contributed by atoms with Gasteiger partial charge in [0, 0.05) is 17.9 Å². The summed E-state index contributed by atoms with van der Waals surface area (Å²) in [5.41, 5.74) is 12.7. The molecule has 0 fully saturated rings. The van der Waals surface area contributed by atoms with E-state index in [0.717, 1.165) is 5.56 Å². The van der Waals surface area contributed by atoms with Gasteiger partial charge in [-0.05, 0) is 24.6 Å². The minimum absolute atomic E-state index is 0.131. The zero-order chi connectivity index (χ0) is 14.4. The SMILES string of the molecule is COC(=O)c1cc(NCCOC(N)=O)cc(C)c1N. The molecule has 0 heterocycles. The Morgan fingerprint density at radius 1 is 1.37 bits per heavy atom. The Hall–Kier alpha value is -2.44. The van der Waals surface area contributed by atoms with Gasteiger partial charge in [-0.3, -0.25) is 0 Å². The van der Waals surface area contributed by atoms with Crippen molar-refractivity contribution >= 4 is 23.4 Å². The number of methoxy groups -OCH3 is 1. The number of benzene rings is 1. The lowest BCUT2D eigenvalue weighted by Gasteiger charge is -2.12. The molecular weight excluding hydrogens is 250 g/mol. The van der Waals surface area contributed by atoms with Gasteiger partial charge in [-0.15, -0.1) is 0 Å². The van der Waals surface area contributed by atoms with E-state index >= 15 is 0 Å². The average molecular weight is 267 g/mol. The summed E-state index contributed by atoms with van der Waals surface area (Å²) in [6, 6.07) is 3.37. The van der Waals surface area contributed by atoms with E-state index in [4.69, 9.17) is 11.5 Å². The predicted molar refractivity (Wildman–Crippen MR) is 71.0 cm³/mol. The van der Waals surface area contributed by atoms with E-state index < -0.39 is 12.1 Å². The Morgan fingerprint density at radius 2 is 2.05 bits per heavy atom. The van der Waals surface area contributed by atoms with Gasteiger partial charge in [-0.2, -0.15) is 0 Å². The molecule has 1 aromatic carbocycles. The van der Waals surface area contributed by atoms with Crippen molar-refractivity contribution in [1.82, 2.24) is 0 Å².